The highest BCUT2D eigenvalue weighted by Crippen LogP contribution is 2.36. The Morgan fingerprint density at radius 3 is 2.56 bits per heavy atom. The van der Waals surface area contributed by atoms with Gasteiger partial charge in [0.1, 0.15) is 10.7 Å². The van der Waals surface area contributed by atoms with Crippen LogP contribution in [0.25, 0.3) is 11.3 Å². The van der Waals surface area contributed by atoms with E-state index in [9.17, 15) is 21.6 Å². The second-order valence-electron chi connectivity index (χ2n) is 7.89. The van der Waals surface area contributed by atoms with Gasteiger partial charge in [-0.1, -0.05) is 12.1 Å². The molecule has 0 aliphatic heterocycles. The molecule has 2 heterocycles. The number of alkyl halides is 3. The van der Waals surface area contributed by atoms with Crippen molar-refractivity contribution in [2.45, 2.75) is 42.7 Å². The zero-order valence-corrected chi connectivity index (χ0v) is 17.9. The van der Waals surface area contributed by atoms with Crippen molar-refractivity contribution in [3.63, 3.8) is 0 Å². The minimum atomic E-state index is -4.40. The molecule has 1 N–H and O–H groups in total. The Morgan fingerprint density at radius 2 is 1.88 bits per heavy atom. The van der Waals surface area contributed by atoms with Crippen molar-refractivity contribution in [2.24, 2.45) is 5.92 Å². The standard InChI is InChI=1S/C22H22F3N3O3S/c23-22(24,25)18-4-1-3-17(11-18)20-13-27-21(28-20)16-8-6-15(7-9-16)14-31-32(29,30)19-5-2-10-26-12-19/h1-5,10-13,15-16H,6-9,14H2,(H,27,28). The summed E-state index contributed by atoms with van der Waals surface area (Å²) in [5.74, 6) is 0.982. The zero-order chi connectivity index (χ0) is 22.8. The van der Waals surface area contributed by atoms with Gasteiger partial charge in [-0.05, 0) is 55.9 Å². The monoisotopic (exact) mass is 465 g/mol. The molecular weight excluding hydrogens is 443 g/mol. The van der Waals surface area contributed by atoms with E-state index < -0.39 is 21.9 Å². The average Bonchev–Trinajstić information content (AvgIpc) is 3.29. The lowest BCUT2D eigenvalue weighted by Crippen LogP contribution is -2.20. The van der Waals surface area contributed by atoms with E-state index in [1.165, 1.54) is 24.5 Å². The summed E-state index contributed by atoms with van der Waals surface area (Å²) in [5, 5.41) is 0. The summed E-state index contributed by atoms with van der Waals surface area (Å²) in [6.07, 6.45) is 3.09. The molecule has 0 radical (unpaired) electrons. The molecule has 2 aromatic heterocycles. The quantitative estimate of drug-likeness (QED) is 0.508. The van der Waals surface area contributed by atoms with E-state index in [0.717, 1.165) is 43.6 Å². The van der Waals surface area contributed by atoms with Crippen LogP contribution in [0.5, 0.6) is 0 Å². The van der Waals surface area contributed by atoms with Crippen LogP contribution in [0.2, 0.25) is 0 Å². The first-order chi connectivity index (χ1) is 15.2. The number of pyridine rings is 1. The molecule has 0 bridgehead atoms. The van der Waals surface area contributed by atoms with Crippen molar-refractivity contribution in [1.82, 2.24) is 15.0 Å². The number of nitrogens with zero attached hydrogens (tertiary/aromatic N) is 2. The van der Waals surface area contributed by atoms with E-state index >= 15 is 0 Å². The lowest BCUT2D eigenvalue weighted by Gasteiger charge is -2.26. The molecule has 4 rings (SSSR count). The maximum Gasteiger partial charge on any atom is 0.416 e. The molecule has 1 aliphatic carbocycles. The van der Waals surface area contributed by atoms with Gasteiger partial charge in [-0.3, -0.25) is 9.17 Å². The number of benzene rings is 1. The van der Waals surface area contributed by atoms with E-state index in [1.54, 1.807) is 18.3 Å². The number of hydrogen-bond acceptors (Lipinski definition) is 5. The lowest BCUT2D eigenvalue weighted by molar-refractivity contribution is -0.137. The first-order valence-corrected chi connectivity index (χ1v) is 11.7. The predicted molar refractivity (Wildman–Crippen MR) is 111 cm³/mol. The van der Waals surface area contributed by atoms with Crippen LogP contribution in [0.1, 0.15) is 43.0 Å². The van der Waals surface area contributed by atoms with Gasteiger partial charge in [-0.25, -0.2) is 4.98 Å². The minimum absolute atomic E-state index is 0.0337. The van der Waals surface area contributed by atoms with Crippen LogP contribution in [-0.4, -0.2) is 30.0 Å². The molecule has 0 saturated heterocycles. The largest absolute Gasteiger partial charge is 0.416 e. The Hall–Kier alpha value is -2.72. The van der Waals surface area contributed by atoms with Gasteiger partial charge in [0.15, 0.2) is 0 Å². The summed E-state index contributed by atoms with van der Waals surface area (Å²) in [7, 11) is -3.83. The molecule has 1 fully saturated rings. The molecule has 0 amide bonds. The fourth-order valence-corrected chi connectivity index (χ4v) is 4.84. The number of rotatable bonds is 6. The number of imidazole rings is 1. The van der Waals surface area contributed by atoms with Crippen molar-refractivity contribution in [2.75, 3.05) is 6.61 Å². The highest BCUT2D eigenvalue weighted by molar-refractivity contribution is 7.86. The summed E-state index contributed by atoms with van der Waals surface area (Å²) in [6, 6.07) is 8.09. The summed E-state index contributed by atoms with van der Waals surface area (Å²) < 4.78 is 68.6. The number of nitrogens with one attached hydrogen (secondary N) is 1. The molecule has 1 aromatic carbocycles. The van der Waals surface area contributed by atoms with Crippen molar-refractivity contribution >= 4 is 10.1 Å². The first kappa shape index (κ1) is 22.5. The molecule has 0 spiro atoms. The number of aromatic nitrogens is 3. The normalized spacial score (nSPS) is 19.7. The van der Waals surface area contributed by atoms with Crippen molar-refractivity contribution in [3.05, 3.63) is 66.4 Å². The van der Waals surface area contributed by atoms with Gasteiger partial charge >= 0.3 is 6.18 Å². The van der Waals surface area contributed by atoms with Crippen LogP contribution >= 0.6 is 0 Å². The summed E-state index contributed by atoms with van der Waals surface area (Å²) in [5.41, 5.74) is 0.172. The van der Waals surface area contributed by atoms with E-state index in [-0.39, 0.29) is 23.3 Å². The summed E-state index contributed by atoms with van der Waals surface area (Å²) >= 11 is 0. The summed E-state index contributed by atoms with van der Waals surface area (Å²) in [4.78, 5) is 11.5. The second-order valence-corrected chi connectivity index (χ2v) is 9.51. The topological polar surface area (TPSA) is 84.9 Å². The van der Waals surface area contributed by atoms with E-state index in [2.05, 4.69) is 15.0 Å². The lowest BCUT2D eigenvalue weighted by atomic mass is 9.82. The van der Waals surface area contributed by atoms with Crippen LogP contribution in [-0.2, 0) is 20.5 Å². The number of hydrogen-bond donors (Lipinski definition) is 1. The summed E-state index contributed by atoms with van der Waals surface area (Å²) in [6.45, 7) is 0.109. The SMILES string of the molecule is O=S(=O)(OCC1CCC(c2nc(-c3cccc(C(F)(F)F)c3)c[nH]2)CC1)c1cccnc1. The van der Waals surface area contributed by atoms with E-state index in [4.69, 9.17) is 4.18 Å². The highest BCUT2D eigenvalue weighted by Gasteiger charge is 2.31. The maximum absolute atomic E-state index is 13.0. The minimum Gasteiger partial charge on any atom is -0.348 e. The first-order valence-electron chi connectivity index (χ1n) is 10.2. The predicted octanol–water partition coefficient (Wildman–Crippen LogP) is 5.17. The third-order valence-corrected chi connectivity index (χ3v) is 6.96. The van der Waals surface area contributed by atoms with Crippen LogP contribution in [0.15, 0.2) is 59.9 Å². The molecule has 10 heteroatoms. The molecule has 0 unspecified atom stereocenters. The molecule has 170 valence electrons. The molecule has 1 saturated carbocycles. The van der Waals surface area contributed by atoms with Gasteiger partial charge in [-0.15, -0.1) is 0 Å². The van der Waals surface area contributed by atoms with Crippen molar-refractivity contribution in [3.8, 4) is 11.3 Å². The molecule has 1 aliphatic rings. The van der Waals surface area contributed by atoms with Gasteiger partial charge in [0, 0.05) is 30.1 Å². The highest BCUT2D eigenvalue weighted by atomic mass is 32.2. The number of aromatic amines is 1. The van der Waals surface area contributed by atoms with Crippen LogP contribution in [0, 0.1) is 5.92 Å². The van der Waals surface area contributed by atoms with Gasteiger partial charge in [0.25, 0.3) is 10.1 Å². The number of H-pyrrole nitrogens is 1. The Bertz CT molecular complexity index is 1160. The Labute approximate surface area is 184 Å². The van der Waals surface area contributed by atoms with Crippen molar-refractivity contribution in [1.29, 1.82) is 0 Å². The third kappa shape index (κ3) is 5.18. The Kier molecular flexibility index (Phi) is 6.34. The van der Waals surface area contributed by atoms with Crippen LogP contribution in [0.4, 0.5) is 13.2 Å². The fourth-order valence-electron chi connectivity index (χ4n) is 3.90. The van der Waals surface area contributed by atoms with Gasteiger partial charge in [0.05, 0.1) is 17.9 Å². The third-order valence-electron chi connectivity index (χ3n) is 5.70. The van der Waals surface area contributed by atoms with Crippen LogP contribution < -0.4 is 0 Å². The van der Waals surface area contributed by atoms with Gasteiger partial charge in [0.2, 0.25) is 0 Å². The molecule has 3 aromatic rings. The maximum atomic E-state index is 13.0. The molecule has 32 heavy (non-hydrogen) atoms. The smallest absolute Gasteiger partial charge is 0.348 e. The molecule has 6 nitrogen and oxygen atoms in total. The zero-order valence-electron chi connectivity index (χ0n) is 17.0. The van der Waals surface area contributed by atoms with E-state index in [1.807, 2.05) is 0 Å². The van der Waals surface area contributed by atoms with Gasteiger partial charge in [-0.2, -0.15) is 21.6 Å². The Balaban J connectivity index is 1.34. The van der Waals surface area contributed by atoms with Crippen molar-refractivity contribution < 1.29 is 25.8 Å². The molecular formula is C22H22F3N3O3S. The van der Waals surface area contributed by atoms with Crippen LogP contribution in [0.3, 0.4) is 0 Å². The van der Waals surface area contributed by atoms with Gasteiger partial charge < -0.3 is 4.98 Å². The Morgan fingerprint density at radius 1 is 1.09 bits per heavy atom. The molecule has 0 atom stereocenters. The fraction of sp³-hybridized carbons (Fsp3) is 0.364. The number of halogens is 3. The second kappa shape index (κ2) is 9.03. The van der Waals surface area contributed by atoms with E-state index in [0.29, 0.717) is 11.3 Å². The average molecular weight is 465 g/mol.